The van der Waals surface area contributed by atoms with E-state index in [-0.39, 0.29) is 0 Å². The smallest absolute Gasteiger partial charge is 0.403 e. The highest BCUT2D eigenvalue weighted by atomic mass is 19.4. The van der Waals surface area contributed by atoms with Crippen molar-refractivity contribution in [3.8, 4) is 5.75 Å². The SMILES string of the molecule is C=CCc1ccc(F)c(OC(F)(F)F)c1. The molecule has 0 N–H and O–H groups in total. The molecule has 0 heterocycles. The second kappa shape index (κ2) is 4.33. The molecule has 1 aromatic rings. The molecule has 0 aliphatic heterocycles. The van der Waals surface area contributed by atoms with Crippen molar-refractivity contribution in [2.45, 2.75) is 12.8 Å². The molecular formula is C10H8F4O. The number of halogens is 4. The van der Waals surface area contributed by atoms with Crippen LogP contribution in [0.2, 0.25) is 0 Å². The Kier molecular flexibility index (Phi) is 3.34. The third-order valence-corrected chi connectivity index (χ3v) is 1.60. The van der Waals surface area contributed by atoms with E-state index in [0.29, 0.717) is 12.0 Å². The molecule has 0 aliphatic rings. The van der Waals surface area contributed by atoms with Crippen LogP contribution in [-0.2, 0) is 6.42 Å². The van der Waals surface area contributed by atoms with Crippen LogP contribution in [-0.4, -0.2) is 6.36 Å². The van der Waals surface area contributed by atoms with E-state index in [1.807, 2.05) is 0 Å². The van der Waals surface area contributed by atoms with E-state index in [9.17, 15) is 17.6 Å². The minimum absolute atomic E-state index is 0.356. The number of allylic oxidation sites excluding steroid dienone is 1. The lowest BCUT2D eigenvalue weighted by Gasteiger charge is -2.10. The lowest BCUT2D eigenvalue weighted by Crippen LogP contribution is -2.18. The van der Waals surface area contributed by atoms with Crippen molar-refractivity contribution in [3.63, 3.8) is 0 Å². The van der Waals surface area contributed by atoms with Gasteiger partial charge in [0.25, 0.3) is 0 Å². The summed E-state index contributed by atoms with van der Waals surface area (Å²) in [4.78, 5) is 0. The topological polar surface area (TPSA) is 9.23 Å². The lowest BCUT2D eigenvalue weighted by atomic mass is 10.1. The van der Waals surface area contributed by atoms with Crippen LogP contribution in [0.5, 0.6) is 5.75 Å². The molecule has 1 aromatic carbocycles. The van der Waals surface area contributed by atoms with Crippen molar-refractivity contribution in [3.05, 3.63) is 42.2 Å². The third kappa shape index (κ3) is 3.61. The minimum atomic E-state index is -4.88. The van der Waals surface area contributed by atoms with Gasteiger partial charge in [-0.15, -0.1) is 19.8 Å². The van der Waals surface area contributed by atoms with Gasteiger partial charge in [-0.3, -0.25) is 0 Å². The Morgan fingerprint density at radius 3 is 2.53 bits per heavy atom. The van der Waals surface area contributed by atoms with Gasteiger partial charge in [-0.2, -0.15) is 0 Å². The molecule has 0 bridgehead atoms. The molecule has 5 heteroatoms. The van der Waals surface area contributed by atoms with E-state index in [2.05, 4.69) is 11.3 Å². The molecule has 0 atom stereocenters. The molecule has 0 fully saturated rings. The van der Waals surface area contributed by atoms with Crippen molar-refractivity contribution in [1.29, 1.82) is 0 Å². The lowest BCUT2D eigenvalue weighted by molar-refractivity contribution is -0.275. The van der Waals surface area contributed by atoms with Crippen LogP contribution < -0.4 is 4.74 Å². The van der Waals surface area contributed by atoms with Gasteiger partial charge in [0.1, 0.15) is 0 Å². The second-order valence-electron chi connectivity index (χ2n) is 2.81. The van der Waals surface area contributed by atoms with E-state index in [0.717, 1.165) is 12.1 Å². The van der Waals surface area contributed by atoms with Crippen molar-refractivity contribution < 1.29 is 22.3 Å². The van der Waals surface area contributed by atoms with Crippen LogP contribution >= 0.6 is 0 Å². The molecule has 82 valence electrons. The Morgan fingerprint density at radius 1 is 1.33 bits per heavy atom. The average molecular weight is 220 g/mol. The molecule has 0 spiro atoms. The van der Waals surface area contributed by atoms with E-state index in [4.69, 9.17) is 0 Å². The predicted octanol–water partition coefficient (Wildman–Crippen LogP) is 3.45. The summed E-state index contributed by atoms with van der Waals surface area (Å²) in [6.45, 7) is 3.43. The zero-order valence-electron chi connectivity index (χ0n) is 7.64. The Morgan fingerprint density at radius 2 is 2.00 bits per heavy atom. The van der Waals surface area contributed by atoms with Gasteiger partial charge >= 0.3 is 6.36 Å². The molecule has 0 aliphatic carbocycles. The number of alkyl halides is 3. The molecule has 15 heavy (non-hydrogen) atoms. The highest BCUT2D eigenvalue weighted by Crippen LogP contribution is 2.26. The van der Waals surface area contributed by atoms with Gasteiger partial charge < -0.3 is 4.74 Å². The van der Waals surface area contributed by atoms with Crippen LogP contribution in [0.1, 0.15) is 5.56 Å². The molecular weight excluding hydrogens is 212 g/mol. The van der Waals surface area contributed by atoms with Crippen LogP contribution in [0.4, 0.5) is 17.6 Å². The quantitative estimate of drug-likeness (QED) is 0.560. The predicted molar refractivity (Wildman–Crippen MR) is 47.0 cm³/mol. The molecule has 0 saturated carbocycles. The van der Waals surface area contributed by atoms with E-state index in [1.165, 1.54) is 12.1 Å². The molecule has 1 rings (SSSR count). The molecule has 0 aromatic heterocycles. The zero-order valence-corrected chi connectivity index (χ0v) is 7.64. The summed E-state index contributed by atoms with van der Waals surface area (Å²) >= 11 is 0. The first-order valence-electron chi connectivity index (χ1n) is 4.07. The monoisotopic (exact) mass is 220 g/mol. The maximum absolute atomic E-state index is 12.9. The molecule has 1 nitrogen and oxygen atoms in total. The largest absolute Gasteiger partial charge is 0.573 e. The fourth-order valence-electron chi connectivity index (χ4n) is 1.04. The molecule has 0 amide bonds. The Hall–Kier alpha value is -1.52. The fourth-order valence-corrected chi connectivity index (χ4v) is 1.04. The summed E-state index contributed by atoms with van der Waals surface area (Å²) in [5.41, 5.74) is 0.505. The van der Waals surface area contributed by atoms with E-state index < -0.39 is 17.9 Å². The first-order chi connectivity index (χ1) is 6.92. The van der Waals surface area contributed by atoms with Crippen LogP contribution in [0.15, 0.2) is 30.9 Å². The second-order valence-corrected chi connectivity index (χ2v) is 2.81. The van der Waals surface area contributed by atoms with Crippen LogP contribution in [0, 0.1) is 5.82 Å². The standard InChI is InChI=1S/C10H8F4O/c1-2-3-7-4-5-8(11)9(6-7)15-10(12,13)14/h2,4-6H,1,3H2. The summed E-state index contributed by atoms with van der Waals surface area (Å²) in [5.74, 6) is -1.86. The normalized spacial score (nSPS) is 11.2. The van der Waals surface area contributed by atoms with E-state index >= 15 is 0 Å². The third-order valence-electron chi connectivity index (χ3n) is 1.60. The number of benzene rings is 1. The van der Waals surface area contributed by atoms with Gasteiger partial charge in [-0.25, -0.2) is 4.39 Å². The maximum Gasteiger partial charge on any atom is 0.573 e. The minimum Gasteiger partial charge on any atom is -0.403 e. The Balaban J connectivity index is 2.95. The maximum atomic E-state index is 12.9. The van der Waals surface area contributed by atoms with Crippen molar-refractivity contribution >= 4 is 0 Å². The Bertz CT molecular complexity index is 357. The summed E-state index contributed by atoms with van der Waals surface area (Å²) in [7, 11) is 0. The fraction of sp³-hybridized carbons (Fsp3) is 0.200. The first-order valence-corrected chi connectivity index (χ1v) is 4.07. The molecule has 0 radical (unpaired) electrons. The van der Waals surface area contributed by atoms with Crippen molar-refractivity contribution in [2.24, 2.45) is 0 Å². The summed E-state index contributed by atoms with van der Waals surface area (Å²) in [5, 5.41) is 0. The number of rotatable bonds is 3. The van der Waals surface area contributed by atoms with Gasteiger partial charge in [-0.1, -0.05) is 12.1 Å². The van der Waals surface area contributed by atoms with Crippen molar-refractivity contribution in [1.82, 2.24) is 0 Å². The van der Waals surface area contributed by atoms with Gasteiger partial charge in [0.05, 0.1) is 0 Å². The van der Waals surface area contributed by atoms with Gasteiger partial charge in [-0.05, 0) is 24.1 Å². The summed E-state index contributed by atoms with van der Waals surface area (Å²) in [6, 6.07) is 3.31. The molecule has 0 saturated heterocycles. The summed E-state index contributed by atoms with van der Waals surface area (Å²) < 4.78 is 51.9. The number of hydrogen-bond acceptors (Lipinski definition) is 1. The highest BCUT2D eigenvalue weighted by molar-refractivity contribution is 5.31. The van der Waals surface area contributed by atoms with Crippen LogP contribution in [0.3, 0.4) is 0 Å². The highest BCUT2D eigenvalue weighted by Gasteiger charge is 2.32. The molecule has 0 unspecified atom stereocenters. The first kappa shape index (κ1) is 11.6. The van der Waals surface area contributed by atoms with Gasteiger partial charge in [0.15, 0.2) is 11.6 Å². The van der Waals surface area contributed by atoms with Crippen molar-refractivity contribution in [2.75, 3.05) is 0 Å². The Labute approximate surface area is 84.0 Å². The average Bonchev–Trinajstić information content (AvgIpc) is 2.09. The van der Waals surface area contributed by atoms with Gasteiger partial charge in [0, 0.05) is 0 Å². The zero-order chi connectivity index (χ0) is 11.5. The summed E-state index contributed by atoms with van der Waals surface area (Å²) in [6.07, 6.45) is -3.02. The number of hydrogen-bond donors (Lipinski definition) is 0. The number of ether oxygens (including phenoxy) is 1. The van der Waals surface area contributed by atoms with Gasteiger partial charge in [0.2, 0.25) is 0 Å². The van der Waals surface area contributed by atoms with E-state index in [1.54, 1.807) is 0 Å². The van der Waals surface area contributed by atoms with Crippen LogP contribution in [0.25, 0.3) is 0 Å².